The smallest absolute Gasteiger partial charge is 0.248 e. The number of benzene rings is 1. The lowest BCUT2D eigenvalue weighted by molar-refractivity contribution is 0.907. The van der Waals surface area contributed by atoms with Crippen LogP contribution in [0.15, 0.2) is 47.3 Å². The van der Waals surface area contributed by atoms with Crippen molar-refractivity contribution in [3.8, 4) is 5.69 Å². The number of para-hydroxylation sites is 1. The molecule has 0 aliphatic rings. The number of hydrogen-bond donors (Lipinski definition) is 2. The van der Waals surface area contributed by atoms with E-state index in [0.29, 0.717) is 16.9 Å². The van der Waals surface area contributed by atoms with Crippen molar-refractivity contribution in [1.29, 1.82) is 0 Å². The van der Waals surface area contributed by atoms with E-state index in [4.69, 9.17) is 5.73 Å². The number of pyridine rings is 1. The van der Waals surface area contributed by atoms with Crippen LogP contribution in [0.1, 0.15) is 0 Å². The first-order chi connectivity index (χ1) is 8.25. The van der Waals surface area contributed by atoms with Crippen molar-refractivity contribution >= 4 is 16.9 Å². The van der Waals surface area contributed by atoms with Crippen LogP contribution in [-0.4, -0.2) is 14.8 Å². The number of nitrogens with two attached hydrogens (primary N) is 1. The molecular weight excluding hydrogens is 216 g/mol. The molecule has 0 radical (unpaired) electrons. The largest absolute Gasteiger partial charge is 0.382 e. The molecule has 2 heterocycles. The van der Waals surface area contributed by atoms with E-state index in [2.05, 4.69) is 10.1 Å². The zero-order chi connectivity index (χ0) is 11.8. The van der Waals surface area contributed by atoms with Gasteiger partial charge in [0.15, 0.2) is 5.82 Å². The fraction of sp³-hybridized carbons (Fsp3) is 0. The standard InChI is InChI=1S/C12H10N4O/c13-12-11-9(6-7-10(17)14-11)15-16(12)8-4-2-1-3-5-8/h1-7H,13H2,(H,14,17). The summed E-state index contributed by atoms with van der Waals surface area (Å²) in [5.41, 5.74) is 7.89. The van der Waals surface area contributed by atoms with E-state index >= 15 is 0 Å². The van der Waals surface area contributed by atoms with Gasteiger partial charge in [0.05, 0.1) is 5.69 Å². The van der Waals surface area contributed by atoms with Gasteiger partial charge in [-0.2, -0.15) is 5.10 Å². The van der Waals surface area contributed by atoms with E-state index in [1.54, 1.807) is 10.7 Å². The number of H-pyrrole nitrogens is 1. The minimum atomic E-state index is -0.184. The Morgan fingerprint density at radius 3 is 2.65 bits per heavy atom. The molecule has 0 bridgehead atoms. The lowest BCUT2D eigenvalue weighted by atomic mass is 10.3. The van der Waals surface area contributed by atoms with E-state index in [1.165, 1.54) is 6.07 Å². The Morgan fingerprint density at radius 2 is 1.88 bits per heavy atom. The molecule has 0 atom stereocenters. The van der Waals surface area contributed by atoms with E-state index in [9.17, 15) is 4.79 Å². The lowest BCUT2D eigenvalue weighted by Gasteiger charge is -2.02. The van der Waals surface area contributed by atoms with Crippen LogP contribution in [0.4, 0.5) is 5.82 Å². The highest BCUT2D eigenvalue weighted by Gasteiger charge is 2.09. The van der Waals surface area contributed by atoms with Crippen LogP contribution in [0.3, 0.4) is 0 Å². The molecule has 0 spiro atoms. The molecule has 3 rings (SSSR count). The summed E-state index contributed by atoms with van der Waals surface area (Å²) < 4.78 is 1.61. The number of hydrogen-bond acceptors (Lipinski definition) is 3. The number of fused-ring (bicyclic) bond motifs is 1. The molecule has 0 unspecified atom stereocenters. The summed E-state index contributed by atoms with van der Waals surface area (Å²) in [6, 6.07) is 12.6. The van der Waals surface area contributed by atoms with E-state index in [-0.39, 0.29) is 5.56 Å². The first kappa shape index (κ1) is 9.65. The second-order valence-corrected chi connectivity index (χ2v) is 3.72. The van der Waals surface area contributed by atoms with Gasteiger partial charge in [-0.15, -0.1) is 0 Å². The van der Waals surface area contributed by atoms with Crippen LogP contribution in [-0.2, 0) is 0 Å². The van der Waals surface area contributed by atoms with Crippen LogP contribution in [0.2, 0.25) is 0 Å². The molecule has 0 aliphatic carbocycles. The van der Waals surface area contributed by atoms with Crippen LogP contribution in [0.5, 0.6) is 0 Å². The van der Waals surface area contributed by atoms with Gasteiger partial charge >= 0.3 is 0 Å². The molecule has 1 aromatic carbocycles. The van der Waals surface area contributed by atoms with Gasteiger partial charge in [-0.3, -0.25) is 4.79 Å². The maximum atomic E-state index is 11.2. The summed E-state index contributed by atoms with van der Waals surface area (Å²) >= 11 is 0. The van der Waals surface area contributed by atoms with Crippen molar-refractivity contribution in [2.24, 2.45) is 0 Å². The molecular formula is C12H10N4O. The minimum Gasteiger partial charge on any atom is -0.382 e. The predicted octanol–water partition coefficient (Wildman–Crippen LogP) is 1.30. The first-order valence-corrected chi connectivity index (χ1v) is 5.18. The van der Waals surface area contributed by atoms with Crippen LogP contribution in [0, 0.1) is 0 Å². The number of aromatic amines is 1. The Labute approximate surface area is 96.5 Å². The third-order valence-corrected chi connectivity index (χ3v) is 2.59. The van der Waals surface area contributed by atoms with Gasteiger partial charge in [-0.1, -0.05) is 18.2 Å². The Bertz CT molecular complexity index is 727. The fourth-order valence-electron chi connectivity index (χ4n) is 1.78. The SMILES string of the molecule is Nc1c2[nH]c(=O)ccc2nn1-c1ccccc1. The minimum absolute atomic E-state index is 0.184. The molecule has 3 N–H and O–H groups in total. The third kappa shape index (κ3) is 1.48. The molecule has 5 nitrogen and oxygen atoms in total. The molecule has 0 saturated carbocycles. The van der Waals surface area contributed by atoms with Crippen molar-refractivity contribution in [3.05, 3.63) is 52.8 Å². The Balaban J connectivity index is 2.32. The number of nitrogens with one attached hydrogen (secondary N) is 1. The fourth-order valence-corrected chi connectivity index (χ4v) is 1.78. The quantitative estimate of drug-likeness (QED) is 0.656. The molecule has 17 heavy (non-hydrogen) atoms. The highest BCUT2D eigenvalue weighted by molar-refractivity contribution is 5.85. The zero-order valence-corrected chi connectivity index (χ0v) is 8.92. The van der Waals surface area contributed by atoms with Crippen LogP contribution >= 0.6 is 0 Å². The first-order valence-electron chi connectivity index (χ1n) is 5.18. The third-order valence-electron chi connectivity index (χ3n) is 2.59. The molecule has 0 fully saturated rings. The lowest BCUT2D eigenvalue weighted by Crippen LogP contribution is -2.04. The second kappa shape index (κ2) is 3.48. The Morgan fingerprint density at radius 1 is 1.12 bits per heavy atom. The van der Waals surface area contributed by atoms with Gasteiger partial charge in [-0.25, -0.2) is 4.68 Å². The van der Waals surface area contributed by atoms with Crippen LogP contribution < -0.4 is 11.3 Å². The molecule has 0 aliphatic heterocycles. The second-order valence-electron chi connectivity index (χ2n) is 3.72. The Hall–Kier alpha value is -2.56. The summed E-state index contributed by atoms with van der Waals surface area (Å²) in [7, 11) is 0. The molecule has 3 aromatic rings. The molecule has 0 amide bonds. The highest BCUT2D eigenvalue weighted by Crippen LogP contribution is 2.20. The predicted molar refractivity (Wildman–Crippen MR) is 66.1 cm³/mol. The van der Waals surface area contributed by atoms with Gasteiger partial charge in [0, 0.05) is 6.07 Å². The molecule has 0 saturated heterocycles. The van der Waals surface area contributed by atoms with Crippen molar-refractivity contribution in [3.63, 3.8) is 0 Å². The van der Waals surface area contributed by atoms with E-state index in [0.717, 1.165) is 5.69 Å². The summed E-state index contributed by atoms with van der Waals surface area (Å²) in [5, 5.41) is 4.35. The average Bonchev–Trinajstić information content (AvgIpc) is 2.68. The maximum absolute atomic E-state index is 11.2. The molecule has 5 heteroatoms. The summed E-state index contributed by atoms with van der Waals surface area (Å²) in [4.78, 5) is 13.9. The van der Waals surface area contributed by atoms with Crippen molar-refractivity contribution in [1.82, 2.24) is 14.8 Å². The number of nitrogens with zero attached hydrogens (tertiary/aromatic N) is 2. The number of anilines is 1. The van der Waals surface area contributed by atoms with Gasteiger partial charge in [0.2, 0.25) is 5.56 Å². The van der Waals surface area contributed by atoms with Crippen LogP contribution in [0.25, 0.3) is 16.7 Å². The van der Waals surface area contributed by atoms with Crippen molar-refractivity contribution in [2.45, 2.75) is 0 Å². The van der Waals surface area contributed by atoms with E-state index in [1.807, 2.05) is 30.3 Å². The van der Waals surface area contributed by atoms with Gasteiger partial charge in [0.25, 0.3) is 0 Å². The summed E-state index contributed by atoms with van der Waals surface area (Å²) in [6.07, 6.45) is 0. The average molecular weight is 226 g/mol. The van der Waals surface area contributed by atoms with E-state index < -0.39 is 0 Å². The highest BCUT2D eigenvalue weighted by atomic mass is 16.1. The molecule has 2 aromatic heterocycles. The maximum Gasteiger partial charge on any atom is 0.248 e. The monoisotopic (exact) mass is 226 g/mol. The number of rotatable bonds is 1. The Kier molecular flexibility index (Phi) is 1.98. The number of aromatic nitrogens is 3. The van der Waals surface area contributed by atoms with Gasteiger partial charge < -0.3 is 10.7 Å². The molecule has 84 valence electrons. The number of nitrogen functional groups attached to an aromatic ring is 1. The normalized spacial score (nSPS) is 10.8. The topological polar surface area (TPSA) is 76.7 Å². The summed E-state index contributed by atoms with van der Waals surface area (Å²) in [5.74, 6) is 0.434. The van der Waals surface area contributed by atoms with Crippen molar-refractivity contribution in [2.75, 3.05) is 5.73 Å². The van der Waals surface area contributed by atoms with Crippen molar-refractivity contribution < 1.29 is 0 Å². The van der Waals surface area contributed by atoms with Gasteiger partial charge in [0.1, 0.15) is 11.0 Å². The summed E-state index contributed by atoms with van der Waals surface area (Å²) in [6.45, 7) is 0. The zero-order valence-electron chi connectivity index (χ0n) is 8.92. The van der Waals surface area contributed by atoms with Gasteiger partial charge in [-0.05, 0) is 18.2 Å².